The largest absolute Gasteiger partial charge is 0.394 e. The first kappa shape index (κ1) is 9.92. The molecular formula is C8H18O2. The second-order valence-corrected chi connectivity index (χ2v) is 3.90. The molecule has 0 aromatic rings. The molecule has 0 rings (SSSR count). The van der Waals surface area contributed by atoms with Crippen LogP contribution in [-0.4, -0.2) is 22.9 Å². The summed E-state index contributed by atoms with van der Waals surface area (Å²) in [7, 11) is 0. The molecule has 10 heavy (non-hydrogen) atoms. The maximum Gasteiger partial charge on any atom is 0.0801 e. The van der Waals surface area contributed by atoms with Crippen LogP contribution in [0.2, 0.25) is 0 Å². The summed E-state index contributed by atoms with van der Waals surface area (Å²) in [5.74, 6) is 0.137. The topological polar surface area (TPSA) is 40.5 Å². The van der Waals surface area contributed by atoms with Crippen LogP contribution in [0.25, 0.3) is 0 Å². The second-order valence-electron chi connectivity index (χ2n) is 3.90. The molecule has 2 nitrogen and oxygen atoms in total. The van der Waals surface area contributed by atoms with Crippen molar-refractivity contribution in [3.8, 4) is 0 Å². The van der Waals surface area contributed by atoms with Gasteiger partial charge in [-0.3, -0.25) is 0 Å². The monoisotopic (exact) mass is 146 g/mol. The van der Waals surface area contributed by atoms with E-state index in [4.69, 9.17) is 5.11 Å². The van der Waals surface area contributed by atoms with Crippen LogP contribution in [0, 0.1) is 11.3 Å². The van der Waals surface area contributed by atoms with Gasteiger partial charge in [-0.25, -0.2) is 0 Å². The molecule has 0 spiro atoms. The third-order valence-corrected chi connectivity index (χ3v) is 2.13. The van der Waals surface area contributed by atoms with Gasteiger partial charge in [-0.1, -0.05) is 27.7 Å². The van der Waals surface area contributed by atoms with E-state index in [0.717, 1.165) is 0 Å². The molecule has 0 bridgehead atoms. The Bertz CT molecular complexity index is 93.9. The van der Waals surface area contributed by atoms with Crippen molar-refractivity contribution in [1.29, 1.82) is 0 Å². The Morgan fingerprint density at radius 1 is 1.30 bits per heavy atom. The van der Waals surface area contributed by atoms with Gasteiger partial charge in [-0.15, -0.1) is 0 Å². The van der Waals surface area contributed by atoms with Crippen molar-refractivity contribution in [2.75, 3.05) is 6.61 Å². The van der Waals surface area contributed by atoms with Gasteiger partial charge in [-0.2, -0.15) is 0 Å². The molecule has 0 aliphatic carbocycles. The summed E-state index contributed by atoms with van der Waals surface area (Å²) in [6, 6.07) is 0. The average Bonchev–Trinajstić information content (AvgIpc) is 1.83. The third-order valence-electron chi connectivity index (χ3n) is 2.13. The van der Waals surface area contributed by atoms with Crippen molar-refractivity contribution in [1.82, 2.24) is 0 Å². The van der Waals surface area contributed by atoms with Gasteiger partial charge >= 0.3 is 0 Å². The highest BCUT2D eigenvalue weighted by atomic mass is 16.3. The van der Waals surface area contributed by atoms with Gasteiger partial charge in [0, 0.05) is 0 Å². The lowest BCUT2D eigenvalue weighted by atomic mass is 9.79. The second kappa shape index (κ2) is 3.35. The van der Waals surface area contributed by atoms with E-state index in [1.807, 2.05) is 6.92 Å². The summed E-state index contributed by atoms with van der Waals surface area (Å²) in [6.45, 7) is 7.96. The summed E-state index contributed by atoms with van der Waals surface area (Å²) < 4.78 is 0. The van der Waals surface area contributed by atoms with E-state index < -0.39 is 6.10 Å². The first-order chi connectivity index (χ1) is 4.39. The van der Waals surface area contributed by atoms with E-state index in [1.54, 1.807) is 0 Å². The minimum Gasteiger partial charge on any atom is -0.394 e. The summed E-state index contributed by atoms with van der Waals surface area (Å²) in [5, 5.41) is 17.8. The van der Waals surface area contributed by atoms with Crippen molar-refractivity contribution in [2.45, 2.75) is 33.8 Å². The van der Waals surface area contributed by atoms with E-state index in [1.165, 1.54) is 0 Å². The predicted molar refractivity (Wildman–Crippen MR) is 41.7 cm³/mol. The smallest absolute Gasteiger partial charge is 0.0801 e. The van der Waals surface area contributed by atoms with Crippen LogP contribution in [-0.2, 0) is 0 Å². The molecule has 0 aliphatic heterocycles. The Balaban J connectivity index is 3.94. The fraction of sp³-hybridized carbons (Fsp3) is 1.00. The number of rotatable bonds is 2. The van der Waals surface area contributed by atoms with E-state index in [2.05, 4.69) is 20.8 Å². The van der Waals surface area contributed by atoms with Gasteiger partial charge in [0.15, 0.2) is 0 Å². The molecule has 0 aromatic carbocycles. The van der Waals surface area contributed by atoms with Gasteiger partial charge in [0.2, 0.25) is 0 Å². The van der Waals surface area contributed by atoms with Crippen molar-refractivity contribution in [3.05, 3.63) is 0 Å². The Morgan fingerprint density at radius 2 is 1.70 bits per heavy atom. The fourth-order valence-electron chi connectivity index (χ4n) is 0.735. The molecule has 2 atom stereocenters. The fourth-order valence-corrected chi connectivity index (χ4v) is 0.735. The molecule has 0 saturated heterocycles. The van der Waals surface area contributed by atoms with Gasteiger partial charge in [0.05, 0.1) is 12.7 Å². The van der Waals surface area contributed by atoms with Crippen LogP contribution in [0.5, 0.6) is 0 Å². The third kappa shape index (κ3) is 2.67. The Kier molecular flexibility index (Phi) is 3.33. The molecule has 0 saturated carbocycles. The Morgan fingerprint density at radius 3 is 1.80 bits per heavy atom. The van der Waals surface area contributed by atoms with Crippen molar-refractivity contribution in [3.63, 3.8) is 0 Å². The first-order valence-electron chi connectivity index (χ1n) is 3.68. The zero-order valence-electron chi connectivity index (χ0n) is 7.26. The Hall–Kier alpha value is -0.0800. The molecular weight excluding hydrogens is 128 g/mol. The average molecular weight is 146 g/mol. The molecule has 0 amide bonds. The molecule has 0 unspecified atom stereocenters. The maximum absolute atomic E-state index is 9.21. The molecule has 62 valence electrons. The van der Waals surface area contributed by atoms with Gasteiger partial charge in [-0.05, 0) is 11.3 Å². The summed E-state index contributed by atoms with van der Waals surface area (Å²) in [6.07, 6.45) is -0.583. The predicted octanol–water partition coefficient (Wildman–Crippen LogP) is 1.02. The molecule has 2 heteroatoms. The van der Waals surface area contributed by atoms with Crippen molar-refractivity contribution in [2.24, 2.45) is 11.3 Å². The lowest BCUT2D eigenvalue weighted by Crippen LogP contribution is -2.32. The Labute approximate surface area is 62.9 Å². The number of aliphatic hydroxyl groups is 2. The molecule has 0 aliphatic rings. The van der Waals surface area contributed by atoms with Crippen LogP contribution < -0.4 is 0 Å². The minimum absolute atomic E-state index is 0.0716. The zero-order chi connectivity index (χ0) is 8.36. The van der Waals surface area contributed by atoms with Gasteiger partial charge in [0.1, 0.15) is 0 Å². The molecule has 0 radical (unpaired) electrons. The van der Waals surface area contributed by atoms with Gasteiger partial charge < -0.3 is 10.2 Å². The van der Waals surface area contributed by atoms with Gasteiger partial charge in [0.25, 0.3) is 0 Å². The minimum atomic E-state index is -0.583. The summed E-state index contributed by atoms with van der Waals surface area (Å²) in [5.41, 5.74) is 0.0716. The molecule has 0 fully saturated rings. The van der Waals surface area contributed by atoms with Crippen molar-refractivity contribution < 1.29 is 10.2 Å². The van der Waals surface area contributed by atoms with Crippen LogP contribution in [0.4, 0.5) is 0 Å². The molecule has 0 heterocycles. The highest BCUT2D eigenvalue weighted by Gasteiger charge is 2.25. The summed E-state index contributed by atoms with van der Waals surface area (Å²) >= 11 is 0. The van der Waals surface area contributed by atoms with E-state index in [-0.39, 0.29) is 17.9 Å². The van der Waals surface area contributed by atoms with Crippen molar-refractivity contribution >= 4 is 0 Å². The van der Waals surface area contributed by atoms with Crippen LogP contribution >= 0.6 is 0 Å². The van der Waals surface area contributed by atoms with E-state index >= 15 is 0 Å². The zero-order valence-corrected chi connectivity index (χ0v) is 7.26. The highest BCUT2D eigenvalue weighted by molar-refractivity contribution is 4.75. The number of aliphatic hydroxyl groups excluding tert-OH is 2. The molecule has 0 aromatic heterocycles. The lowest BCUT2D eigenvalue weighted by molar-refractivity contribution is 0.0109. The first-order valence-corrected chi connectivity index (χ1v) is 3.68. The lowest BCUT2D eigenvalue weighted by Gasteiger charge is -2.30. The number of hydrogen-bond acceptors (Lipinski definition) is 2. The van der Waals surface area contributed by atoms with E-state index in [9.17, 15) is 5.11 Å². The normalized spacial score (nSPS) is 18.6. The quantitative estimate of drug-likeness (QED) is 0.610. The highest BCUT2D eigenvalue weighted by Crippen LogP contribution is 2.27. The van der Waals surface area contributed by atoms with Crippen LogP contribution in [0.1, 0.15) is 27.7 Å². The van der Waals surface area contributed by atoms with Crippen LogP contribution in [0.3, 0.4) is 0 Å². The molecule has 2 N–H and O–H groups in total. The maximum atomic E-state index is 9.21. The summed E-state index contributed by atoms with van der Waals surface area (Å²) in [4.78, 5) is 0. The van der Waals surface area contributed by atoms with E-state index in [0.29, 0.717) is 0 Å². The standard InChI is InChI=1S/C8H18O2/c1-6(7(10)5-9)8(2,3)4/h6-7,9-10H,5H2,1-4H3/t6-,7-/m1/s1. The SMILES string of the molecule is C[C@H]([C@H](O)CO)C(C)(C)C. The van der Waals surface area contributed by atoms with Crippen LogP contribution in [0.15, 0.2) is 0 Å². The number of hydrogen-bond donors (Lipinski definition) is 2.